The maximum Gasteiger partial charge on any atom is 0.324 e. The number of thiazole rings is 1. The Kier molecular flexibility index (Phi) is 10.8. The van der Waals surface area contributed by atoms with Crippen molar-refractivity contribution in [1.82, 2.24) is 30.3 Å². The predicted octanol–water partition coefficient (Wildman–Crippen LogP) is 6.95. The van der Waals surface area contributed by atoms with Crippen LogP contribution in [0.25, 0.3) is 33.4 Å². The molecule has 3 aliphatic rings. The molecule has 11 nitrogen and oxygen atoms in total. The standard InChI is InChI=1S/C42H52N6O5S/c1-8-26-27(9-2)36(26)39(49)45-32-20-35-44-33(22-54-35)25-15-16-34-29(19-25)30(38(47(34)10-3)28-13-11-17-43-37(28)24(4)52-7)21-42(5,6)23-53-41(51)31-14-12-18-48(46-31)40(32)50/h11,13,15-17,19,22,24,26,31-32,46H,8-10,12,14,18,20-21,23H2,1-7H3,(H,45,49)/t24-,26-,31-,32-/m0/s1. The number of carbonyl (C=O) groups excluding carboxylic acids is 3. The minimum Gasteiger partial charge on any atom is -0.464 e. The van der Waals surface area contributed by atoms with E-state index < -0.39 is 23.5 Å². The number of esters is 1. The molecule has 0 radical (unpaired) electrons. The fraction of sp³-hybridized carbons (Fsp3) is 0.500. The summed E-state index contributed by atoms with van der Waals surface area (Å²) < 4.78 is 14.2. The average molecular weight is 753 g/mol. The number of amides is 2. The van der Waals surface area contributed by atoms with E-state index in [-0.39, 0.29) is 36.9 Å². The zero-order chi connectivity index (χ0) is 38.3. The number of cyclic esters (lactones) is 1. The summed E-state index contributed by atoms with van der Waals surface area (Å²) in [6, 6.07) is 9.01. The van der Waals surface area contributed by atoms with E-state index in [9.17, 15) is 14.4 Å². The number of hydrogen-bond acceptors (Lipinski definition) is 9. The first kappa shape index (κ1) is 37.9. The van der Waals surface area contributed by atoms with Gasteiger partial charge in [0.1, 0.15) is 12.1 Å². The number of ether oxygens (including phenoxy) is 2. The fourth-order valence-electron chi connectivity index (χ4n) is 8.31. The number of aromatic nitrogens is 3. The summed E-state index contributed by atoms with van der Waals surface area (Å²) in [5.74, 6) is -0.709. The van der Waals surface area contributed by atoms with Gasteiger partial charge in [-0.15, -0.1) is 11.3 Å². The third-order valence-electron chi connectivity index (χ3n) is 11.2. The molecule has 1 saturated heterocycles. The monoisotopic (exact) mass is 752 g/mol. The van der Waals surface area contributed by atoms with Gasteiger partial charge in [0.25, 0.3) is 5.91 Å². The van der Waals surface area contributed by atoms with Gasteiger partial charge in [0.05, 0.1) is 34.8 Å². The van der Waals surface area contributed by atoms with Crippen molar-refractivity contribution in [2.75, 3.05) is 20.3 Å². The van der Waals surface area contributed by atoms with Gasteiger partial charge < -0.3 is 19.4 Å². The number of carbonyl (C=O) groups is 3. The van der Waals surface area contributed by atoms with Crippen LogP contribution in [0.15, 0.2) is 53.1 Å². The first-order valence-corrected chi connectivity index (χ1v) is 20.2. The van der Waals surface area contributed by atoms with E-state index in [4.69, 9.17) is 19.4 Å². The summed E-state index contributed by atoms with van der Waals surface area (Å²) in [6.45, 7) is 13.9. The molecular formula is C42H52N6O5S. The molecule has 286 valence electrons. The lowest BCUT2D eigenvalue weighted by Crippen LogP contribution is -2.60. The second-order valence-corrected chi connectivity index (χ2v) is 16.4. The van der Waals surface area contributed by atoms with Crippen LogP contribution in [0.3, 0.4) is 0 Å². The van der Waals surface area contributed by atoms with E-state index in [1.54, 1.807) is 13.3 Å². The van der Waals surface area contributed by atoms with Crippen LogP contribution in [-0.2, 0) is 43.2 Å². The molecule has 1 aliphatic carbocycles. The molecule has 7 rings (SSSR count). The maximum atomic E-state index is 14.2. The molecular weight excluding hydrogens is 701 g/mol. The fourth-order valence-corrected chi connectivity index (χ4v) is 9.16. The van der Waals surface area contributed by atoms with Crippen LogP contribution in [0.4, 0.5) is 0 Å². The number of hydrogen-bond donors (Lipinski definition) is 2. The van der Waals surface area contributed by atoms with Gasteiger partial charge >= 0.3 is 5.97 Å². The predicted molar refractivity (Wildman–Crippen MR) is 210 cm³/mol. The van der Waals surface area contributed by atoms with Crippen LogP contribution in [-0.4, -0.2) is 69.7 Å². The highest BCUT2D eigenvalue weighted by Gasteiger charge is 2.41. The van der Waals surface area contributed by atoms with E-state index in [1.165, 1.54) is 16.3 Å². The molecule has 3 aromatic heterocycles. The Morgan fingerprint density at radius 1 is 1.20 bits per heavy atom. The van der Waals surface area contributed by atoms with Gasteiger partial charge in [-0.25, -0.2) is 10.4 Å². The highest BCUT2D eigenvalue weighted by atomic mass is 32.1. The van der Waals surface area contributed by atoms with Crippen LogP contribution in [0, 0.1) is 11.3 Å². The largest absolute Gasteiger partial charge is 0.464 e. The quantitative estimate of drug-likeness (QED) is 0.185. The number of methoxy groups -OCH3 is 1. The van der Waals surface area contributed by atoms with Gasteiger partial charge in [-0.1, -0.05) is 39.3 Å². The van der Waals surface area contributed by atoms with Crippen molar-refractivity contribution < 1.29 is 23.9 Å². The molecule has 5 heterocycles. The number of rotatable bonds is 8. The van der Waals surface area contributed by atoms with Crippen molar-refractivity contribution in [3.05, 3.63) is 69.3 Å². The van der Waals surface area contributed by atoms with E-state index in [2.05, 4.69) is 74.2 Å². The minimum atomic E-state index is -0.862. The molecule has 2 aliphatic heterocycles. The number of benzene rings is 1. The second kappa shape index (κ2) is 15.4. The van der Waals surface area contributed by atoms with Gasteiger partial charge in [-0.3, -0.25) is 24.4 Å². The molecule has 12 heteroatoms. The highest BCUT2D eigenvalue weighted by molar-refractivity contribution is 7.10. The van der Waals surface area contributed by atoms with E-state index in [1.807, 2.05) is 18.4 Å². The van der Waals surface area contributed by atoms with Gasteiger partial charge in [0, 0.05) is 77.1 Å². The molecule has 0 unspecified atom stereocenters. The molecule has 0 saturated carbocycles. The Balaban J connectivity index is 1.34. The lowest BCUT2D eigenvalue weighted by Gasteiger charge is -2.35. The summed E-state index contributed by atoms with van der Waals surface area (Å²) in [5, 5.41) is 8.44. The van der Waals surface area contributed by atoms with Crippen LogP contribution in [0.5, 0.6) is 0 Å². The third kappa shape index (κ3) is 7.23. The van der Waals surface area contributed by atoms with Crippen LogP contribution < -0.4 is 10.7 Å². The third-order valence-corrected chi connectivity index (χ3v) is 12.1. The van der Waals surface area contributed by atoms with Crippen LogP contribution in [0.1, 0.15) is 89.6 Å². The second-order valence-electron chi connectivity index (χ2n) is 15.5. The van der Waals surface area contributed by atoms with Crippen LogP contribution >= 0.6 is 11.3 Å². The molecule has 0 spiro atoms. The number of aryl methyl sites for hydroxylation is 1. The zero-order valence-corrected chi connectivity index (χ0v) is 33.3. The van der Waals surface area contributed by atoms with Crippen molar-refractivity contribution >= 4 is 40.0 Å². The average Bonchev–Trinajstić information content (AvgIpc) is 3.58. The Morgan fingerprint density at radius 2 is 2.02 bits per heavy atom. The van der Waals surface area contributed by atoms with Gasteiger partial charge in [0.15, 0.2) is 0 Å². The molecule has 1 fully saturated rings. The Hall–Kier alpha value is -4.39. The molecule has 1 aromatic carbocycles. The summed E-state index contributed by atoms with van der Waals surface area (Å²) in [5.41, 5.74) is 11.6. The SMILES string of the molecule is CCC1=C(C(=O)N[C@H]2Cc3nc(cs3)-c3ccc4c(c3)c(c(-c3cccnc3[C@H](C)OC)n4CC)CC(C)(C)COC(=O)[C@@H]3CCCN(N3)C2=O)[C@H]1CC. The van der Waals surface area contributed by atoms with Gasteiger partial charge in [-0.05, 0) is 75.8 Å². The molecule has 6 bridgehead atoms. The number of pyridine rings is 1. The lowest BCUT2D eigenvalue weighted by atomic mass is 9.84. The highest BCUT2D eigenvalue weighted by Crippen LogP contribution is 2.44. The number of fused-ring (bicyclic) bond motifs is 6. The van der Waals surface area contributed by atoms with Gasteiger partial charge in [-0.2, -0.15) is 0 Å². The first-order valence-electron chi connectivity index (χ1n) is 19.3. The van der Waals surface area contributed by atoms with E-state index in [0.717, 1.165) is 80.2 Å². The lowest BCUT2D eigenvalue weighted by molar-refractivity contribution is -0.155. The van der Waals surface area contributed by atoms with Crippen molar-refractivity contribution in [3.8, 4) is 22.5 Å². The first-order chi connectivity index (χ1) is 26.0. The summed E-state index contributed by atoms with van der Waals surface area (Å²) in [6.07, 6.45) is 5.28. The smallest absolute Gasteiger partial charge is 0.324 e. The number of nitrogens with zero attached hydrogens (tertiary/aromatic N) is 4. The zero-order valence-electron chi connectivity index (χ0n) is 32.5. The summed E-state index contributed by atoms with van der Waals surface area (Å²) >= 11 is 1.48. The maximum absolute atomic E-state index is 14.2. The van der Waals surface area contributed by atoms with Gasteiger partial charge in [0.2, 0.25) is 5.91 Å². The minimum absolute atomic E-state index is 0.170. The topological polar surface area (TPSA) is 128 Å². The molecule has 4 atom stereocenters. The van der Waals surface area contributed by atoms with E-state index >= 15 is 0 Å². The number of hydrazine groups is 1. The number of nitrogens with one attached hydrogen (secondary N) is 2. The van der Waals surface area contributed by atoms with Crippen LogP contribution in [0.2, 0.25) is 0 Å². The Morgan fingerprint density at radius 3 is 2.74 bits per heavy atom. The van der Waals surface area contributed by atoms with Crippen molar-refractivity contribution in [2.45, 2.75) is 105 Å². The molecule has 4 aromatic rings. The summed E-state index contributed by atoms with van der Waals surface area (Å²) in [7, 11) is 1.70. The molecule has 2 amide bonds. The molecule has 2 N–H and O–H groups in total. The molecule has 54 heavy (non-hydrogen) atoms. The number of allylic oxidation sites excluding steroid dienone is 1. The normalized spacial score (nSPS) is 22.2. The summed E-state index contributed by atoms with van der Waals surface area (Å²) in [4.78, 5) is 51.3. The van der Waals surface area contributed by atoms with Crippen molar-refractivity contribution in [3.63, 3.8) is 0 Å². The van der Waals surface area contributed by atoms with Crippen molar-refractivity contribution in [1.29, 1.82) is 0 Å². The van der Waals surface area contributed by atoms with Crippen molar-refractivity contribution in [2.24, 2.45) is 11.3 Å². The Bertz CT molecular complexity index is 2120. The van der Waals surface area contributed by atoms with E-state index in [0.29, 0.717) is 25.8 Å². The Labute approximate surface area is 321 Å².